The fourth-order valence-corrected chi connectivity index (χ4v) is 3.51. The standard InChI is InChI=1S/C15H26N2S/c1-15(2,3)12-5-4-6-13(8-7-12)17-11-14-16-9-10-18-14/h9-10,12-13,17H,4-8,11H2,1-3H3. The quantitative estimate of drug-likeness (QED) is 0.828. The van der Waals surface area contributed by atoms with Gasteiger partial charge >= 0.3 is 0 Å². The summed E-state index contributed by atoms with van der Waals surface area (Å²) in [6.45, 7) is 8.12. The summed E-state index contributed by atoms with van der Waals surface area (Å²) in [5, 5.41) is 6.95. The molecule has 0 saturated heterocycles. The van der Waals surface area contributed by atoms with E-state index in [9.17, 15) is 0 Å². The van der Waals surface area contributed by atoms with Gasteiger partial charge < -0.3 is 5.32 Å². The zero-order valence-corrected chi connectivity index (χ0v) is 12.7. The van der Waals surface area contributed by atoms with Crippen LogP contribution in [-0.2, 0) is 6.54 Å². The minimum absolute atomic E-state index is 0.476. The van der Waals surface area contributed by atoms with Crippen molar-refractivity contribution in [1.82, 2.24) is 10.3 Å². The van der Waals surface area contributed by atoms with Crippen molar-refractivity contribution in [3.8, 4) is 0 Å². The summed E-state index contributed by atoms with van der Waals surface area (Å²) < 4.78 is 0. The maximum absolute atomic E-state index is 4.33. The van der Waals surface area contributed by atoms with Crippen molar-refractivity contribution in [1.29, 1.82) is 0 Å². The zero-order valence-electron chi connectivity index (χ0n) is 11.9. The lowest BCUT2D eigenvalue weighted by Gasteiger charge is -2.29. The van der Waals surface area contributed by atoms with Gasteiger partial charge in [0.25, 0.3) is 0 Å². The summed E-state index contributed by atoms with van der Waals surface area (Å²) in [5.74, 6) is 0.893. The molecule has 0 aromatic carbocycles. The molecule has 1 aliphatic rings. The van der Waals surface area contributed by atoms with Crippen LogP contribution in [0, 0.1) is 11.3 Å². The van der Waals surface area contributed by atoms with E-state index < -0.39 is 0 Å². The van der Waals surface area contributed by atoms with Crippen LogP contribution in [0.5, 0.6) is 0 Å². The SMILES string of the molecule is CC(C)(C)C1CCCC(NCc2nccs2)CC1. The summed E-state index contributed by atoms with van der Waals surface area (Å²) in [6, 6.07) is 0.696. The van der Waals surface area contributed by atoms with E-state index in [2.05, 4.69) is 36.5 Å². The molecule has 0 aliphatic heterocycles. The van der Waals surface area contributed by atoms with Gasteiger partial charge in [-0.3, -0.25) is 0 Å². The number of hydrogen-bond acceptors (Lipinski definition) is 3. The largest absolute Gasteiger partial charge is 0.308 e. The van der Waals surface area contributed by atoms with Crippen LogP contribution < -0.4 is 5.32 Å². The predicted octanol–water partition coefficient (Wildman–Crippen LogP) is 4.23. The maximum Gasteiger partial charge on any atom is 0.106 e. The minimum Gasteiger partial charge on any atom is -0.308 e. The zero-order chi connectivity index (χ0) is 13.0. The van der Waals surface area contributed by atoms with E-state index in [1.54, 1.807) is 11.3 Å². The highest BCUT2D eigenvalue weighted by Gasteiger charge is 2.27. The fourth-order valence-electron chi connectivity index (χ4n) is 2.94. The molecule has 1 aliphatic carbocycles. The Morgan fingerprint density at radius 3 is 2.78 bits per heavy atom. The van der Waals surface area contributed by atoms with E-state index in [1.165, 1.54) is 37.1 Å². The molecule has 0 radical (unpaired) electrons. The fraction of sp³-hybridized carbons (Fsp3) is 0.800. The molecule has 1 saturated carbocycles. The maximum atomic E-state index is 4.33. The van der Waals surface area contributed by atoms with Crippen LogP contribution in [0.15, 0.2) is 11.6 Å². The number of thiazole rings is 1. The summed E-state index contributed by atoms with van der Waals surface area (Å²) in [6.07, 6.45) is 8.70. The Bertz CT molecular complexity index is 340. The Morgan fingerprint density at radius 2 is 2.11 bits per heavy atom. The summed E-state index contributed by atoms with van der Waals surface area (Å²) in [7, 11) is 0. The second kappa shape index (κ2) is 6.16. The number of nitrogens with zero attached hydrogens (tertiary/aromatic N) is 1. The second-order valence-electron chi connectivity index (χ2n) is 6.57. The van der Waals surface area contributed by atoms with Crippen molar-refractivity contribution in [3.63, 3.8) is 0 Å². The molecule has 2 nitrogen and oxygen atoms in total. The smallest absolute Gasteiger partial charge is 0.106 e. The molecule has 0 amide bonds. The summed E-state index contributed by atoms with van der Waals surface area (Å²) in [5.41, 5.74) is 0.476. The highest BCUT2D eigenvalue weighted by Crippen LogP contribution is 2.36. The van der Waals surface area contributed by atoms with Crippen molar-refractivity contribution in [2.45, 2.75) is 65.5 Å². The van der Waals surface area contributed by atoms with Crippen molar-refractivity contribution in [2.24, 2.45) is 11.3 Å². The Morgan fingerprint density at radius 1 is 1.28 bits per heavy atom. The molecule has 1 aromatic rings. The van der Waals surface area contributed by atoms with Crippen LogP contribution >= 0.6 is 11.3 Å². The van der Waals surface area contributed by atoms with Gasteiger partial charge in [0, 0.05) is 24.2 Å². The lowest BCUT2D eigenvalue weighted by molar-refractivity contribution is 0.213. The van der Waals surface area contributed by atoms with E-state index in [0.717, 1.165) is 12.5 Å². The van der Waals surface area contributed by atoms with Gasteiger partial charge in [-0.25, -0.2) is 4.98 Å². The molecule has 1 aromatic heterocycles. The second-order valence-corrected chi connectivity index (χ2v) is 7.55. The average Bonchev–Trinajstić information content (AvgIpc) is 2.69. The molecule has 1 N–H and O–H groups in total. The Balaban J connectivity index is 1.78. The van der Waals surface area contributed by atoms with Crippen molar-refractivity contribution in [3.05, 3.63) is 16.6 Å². The van der Waals surface area contributed by atoms with Gasteiger partial charge in [-0.15, -0.1) is 11.3 Å². The Labute approximate surface area is 115 Å². The first kappa shape index (κ1) is 14.0. The lowest BCUT2D eigenvalue weighted by Crippen LogP contribution is -2.28. The van der Waals surface area contributed by atoms with Gasteiger partial charge in [-0.2, -0.15) is 0 Å². The first-order chi connectivity index (χ1) is 8.55. The summed E-state index contributed by atoms with van der Waals surface area (Å²) >= 11 is 1.75. The van der Waals surface area contributed by atoms with Gasteiger partial charge in [0.2, 0.25) is 0 Å². The molecular formula is C15H26N2S. The van der Waals surface area contributed by atoms with Crippen molar-refractivity contribution >= 4 is 11.3 Å². The van der Waals surface area contributed by atoms with Crippen LogP contribution in [0.4, 0.5) is 0 Å². The van der Waals surface area contributed by atoms with Crippen LogP contribution in [0.25, 0.3) is 0 Å². The first-order valence-electron chi connectivity index (χ1n) is 7.17. The minimum atomic E-state index is 0.476. The molecule has 1 heterocycles. The molecule has 0 bridgehead atoms. The third-order valence-electron chi connectivity index (χ3n) is 4.22. The molecule has 18 heavy (non-hydrogen) atoms. The van der Waals surface area contributed by atoms with E-state index in [0.29, 0.717) is 11.5 Å². The highest BCUT2D eigenvalue weighted by atomic mass is 32.1. The normalized spacial score (nSPS) is 25.9. The van der Waals surface area contributed by atoms with Gasteiger partial charge in [0.15, 0.2) is 0 Å². The molecule has 3 heteroatoms. The van der Waals surface area contributed by atoms with Crippen LogP contribution in [0.1, 0.15) is 57.9 Å². The van der Waals surface area contributed by atoms with E-state index in [4.69, 9.17) is 0 Å². The van der Waals surface area contributed by atoms with Gasteiger partial charge in [-0.05, 0) is 37.0 Å². The van der Waals surface area contributed by atoms with E-state index in [1.807, 2.05) is 6.20 Å². The lowest BCUT2D eigenvalue weighted by atomic mass is 9.76. The molecule has 1 fully saturated rings. The molecule has 2 unspecified atom stereocenters. The van der Waals surface area contributed by atoms with E-state index in [-0.39, 0.29) is 0 Å². The number of rotatable bonds is 3. The van der Waals surface area contributed by atoms with Crippen molar-refractivity contribution < 1.29 is 0 Å². The third kappa shape index (κ3) is 4.06. The van der Waals surface area contributed by atoms with Crippen LogP contribution in [0.2, 0.25) is 0 Å². The van der Waals surface area contributed by atoms with Gasteiger partial charge in [0.05, 0.1) is 0 Å². The highest BCUT2D eigenvalue weighted by molar-refractivity contribution is 7.09. The number of hydrogen-bond donors (Lipinski definition) is 1. The number of nitrogens with one attached hydrogen (secondary N) is 1. The summed E-state index contributed by atoms with van der Waals surface area (Å²) in [4.78, 5) is 4.33. The molecule has 2 rings (SSSR count). The topological polar surface area (TPSA) is 24.9 Å². The molecule has 102 valence electrons. The molecular weight excluding hydrogens is 240 g/mol. The van der Waals surface area contributed by atoms with Gasteiger partial charge in [-0.1, -0.05) is 27.2 Å². The van der Waals surface area contributed by atoms with Crippen molar-refractivity contribution in [2.75, 3.05) is 0 Å². The Hall–Kier alpha value is -0.410. The van der Waals surface area contributed by atoms with Crippen LogP contribution in [-0.4, -0.2) is 11.0 Å². The third-order valence-corrected chi connectivity index (χ3v) is 5.00. The first-order valence-corrected chi connectivity index (χ1v) is 8.05. The molecule has 2 atom stereocenters. The Kier molecular flexibility index (Phi) is 4.79. The van der Waals surface area contributed by atoms with Crippen LogP contribution in [0.3, 0.4) is 0 Å². The average molecular weight is 266 g/mol. The number of aromatic nitrogens is 1. The predicted molar refractivity (Wildman–Crippen MR) is 78.8 cm³/mol. The monoisotopic (exact) mass is 266 g/mol. The van der Waals surface area contributed by atoms with E-state index >= 15 is 0 Å². The van der Waals surface area contributed by atoms with Gasteiger partial charge in [0.1, 0.15) is 5.01 Å². The molecule has 0 spiro atoms.